The summed E-state index contributed by atoms with van der Waals surface area (Å²) < 4.78 is 56.9. The molecular formula is C48H72N5O11P. The largest absolute Gasteiger partial charge is 0.472 e. The van der Waals surface area contributed by atoms with Crippen LogP contribution in [0.4, 0.5) is 5.82 Å². The molecule has 1 aliphatic heterocycles. The summed E-state index contributed by atoms with van der Waals surface area (Å²) in [6, 6.07) is 14.7. The van der Waals surface area contributed by atoms with Gasteiger partial charge in [-0.15, -0.1) is 0 Å². The molecule has 5 rings (SSSR count). The van der Waals surface area contributed by atoms with Gasteiger partial charge in [0.05, 0.1) is 37.4 Å². The highest BCUT2D eigenvalue weighted by atomic mass is 31.2. The van der Waals surface area contributed by atoms with Crippen LogP contribution in [-0.2, 0) is 59.1 Å². The minimum Gasteiger partial charge on any atom is -0.453 e. The van der Waals surface area contributed by atoms with Crippen molar-refractivity contribution in [3.05, 3.63) is 60.0 Å². The van der Waals surface area contributed by atoms with Gasteiger partial charge in [-0.2, -0.15) is 10.4 Å². The van der Waals surface area contributed by atoms with Crippen LogP contribution < -0.4 is 5.73 Å². The van der Waals surface area contributed by atoms with Crippen LogP contribution in [0.1, 0.15) is 149 Å². The van der Waals surface area contributed by atoms with Gasteiger partial charge >= 0.3 is 19.8 Å². The lowest BCUT2D eigenvalue weighted by Crippen LogP contribution is -2.52. The number of phosphoric acid groups is 1. The fourth-order valence-electron chi connectivity index (χ4n) is 8.20. The van der Waals surface area contributed by atoms with Crippen molar-refractivity contribution in [1.29, 1.82) is 5.26 Å². The first-order chi connectivity index (χ1) is 31.3. The fourth-order valence-corrected chi connectivity index (χ4v) is 9.18. The lowest BCUT2D eigenvalue weighted by molar-refractivity contribution is -0.188. The van der Waals surface area contributed by atoms with E-state index in [9.17, 15) is 24.3 Å². The third-order valence-electron chi connectivity index (χ3n) is 12.1. The number of anilines is 1. The maximum absolute atomic E-state index is 13.8. The molecule has 16 nitrogen and oxygen atoms in total. The molecule has 7 atom stereocenters. The maximum atomic E-state index is 13.8. The second kappa shape index (κ2) is 25.3. The predicted octanol–water partition coefficient (Wildman–Crippen LogP) is 9.31. The van der Waals surface area contributed by atoms with Gasteiger partial charge in [0.25, 0.3) is 0 Å². The number of nitrogens with zero attached hydrogens (tertiary/aromatic N) is 4. The van der Waals surface area contributed by atoms with Crippen molar-refractivity contribution in [2.24, 2.45) is 11.8 Å². The summed E-state index contributed by atoms with van der Waals surface area (Å²) in [5, 5.41) is 15.1. The van der Waals surface area contributed by atoms with E-state index in [2.05, 4.69) is 23.1 Å². The van der Waals surface area contributed by atoms with Crippen LogP contribution >= 0.6 is 7.82 Å². The minimum absolute atomic E-state index is 0.0912. The fraction of sp³-hybridized carbons (Fsp3) is 0.688. The van der Waals surface area contributed by atoms with Crippen molar-refractivity contribution in [3.8, 4) is 6.07 Å². The molecule has 3 aromatic rings. The number of carbonyl (C=O) groups excluding carboxylic acids is 2. The average molecular weight is 926 g/mol. The second-order valence-electron chi connectivity index (χ2n) is 18.0. The summed E-state index contributed by atoms with van der Waals surface area (Å²) in [5.74, 6) is -2.77. The van der Waals surface area contributed by atoms with Gasteiger partial charge < -0.3 is 34.3 Å². The molecule has 1 aliphatic carbocycles. The van der Waals surface area contributed by atoms with Gasteiger partial charge in [0, 0.05) is 6.61 Å². The van der Waals surface area contributed by atoms with Gasteiger partial charge in [-0.25, -0.2) is 14.1 Å². The predicted molar refractivity (Wildman–Crippen MR) is 244 cm³/mol. The van der Waals surface area contributed by atoms with E-state index >= 15 is 0 Å². The number of carbonyl (C=O) groups is 2. The molecule has 3 N–H and O–H groups in total. The van der Waals surface area contributed by atoms with Crippen LogP contribution in [0.3, 0.4) is 0 Å². The number of hydrogen-bond donors (Lipinski definition) is 2. The van der Waals surface area contributed by atoms with E-state index in [-0.39, 0.29) is 31.3 Å². The summed E-state index contributed by atoms with van der Waals surface area (Å²) in [6.07, 6.45) is 16.2. The van der Waals surface area contributed by atoms with Crippen LogP contribution in [0, 0.1) is 23.2 Å². The molecule has 360 valence electrons. The quantitative estimate of drug-likeness (QED) is 0.0339. The number of nitrogen functional groups attached to an aromatic ring is 1. The first-order valence-corrected chi connectivity index (χ1v) is 25.3. The van der Waals surface area contributed by atoms with E-state index in [0.29, 0.717) is 12.1 Å². The summed E-state index contributed by atoms with van der Waals surface area (Å²) in [4.78, 5) is 41.9. The van der Waals surface area contributed by atoms with Crippen LogP contribution in [0.5, 0.6) is 0 Å². The summed E-state index contributed by atoms with van der Waals surface area (Å²) in [7, 11) is -4.99. The van der Waals surface area contributed by atoms with E-state index in [0.717, 1.165) is 24.8 Å². The van der Waals surface area contributed by atoms with E-state index < -0.39 is 67.2 Å². The van der Waals surface area contributed by atoms with Gasteiger partial charge in [-0.3, -0.25) is 18.6 Å². The van der Waals surface area contributed by atoms with E-state index in [1.807, 2.05) is 30.3 Å². The van der Waals surface area contributed by atoms with Crippen LogP contribution in [0.2, 0.25) is 0 Å². The first-order valence-electron chi connectivity index (χ1n) is 23.8. The number of nitrogens with two attached hydrogens (primary N) is 1. The number of esters is 2. The number of ether oxygens (including phenoxy) is 5. The molecule has 1 aromatic carbocycles. The number of benzene rings is 1. The molecule has 2 fully saturated rings. The lowest BCUT2D eigenvalue weighted by Gasteiger charge is -2.34. The SMILES string of the molecule is CCCCCCCCCCCCCCCCCCOC[C@H](COP(=O)(O)OC1[C@H]2O[C@@](C#N)(c3ccc4c(N)ncnn34)[C@H](OC(=O)C(C)C)[C@@]12OC(=O)C(C)C)OCc1ccccc1. The number of rotatable bonds is 32. The Bertz CT molecular complexity index is 2030. The molecule has 2 aromatic heterocycles. The van der Waals surface area contributed by atoms with Gasteiger partial charge in [-0.05, 0) is 24.1 Å². The van der Waals surface area contributed by atoms with Crippen molar-refractivity contribution >= 4 is 31.1 Å². The Morgan fingerprint density at radius 3 is 2.06 bits per heavy atom. The van der Waals surface area contributed by atoms with E-state index in [1.165, 1.54) is 100 Å². The van der Waals surface area contributed by atoms with Crippen molar-refractivity contribution in [2.75, 3.05) is 25.6 Å². The molecule has 0 radical (unpaired) electrons. The molecule has 1 saturated heterocycles. The van der Waals surface area contributed by atoms with Crippen LogP contribution in [-0.4, -0.2) is 81.3 Å². The molecule has 2 aliphatic rings. The smallest absolute Gasteiger partial charge is 0.453 e. The Hall–Kier alpha value is -3.94. The Morgan fingerprint density at radius 2 is 1.48 bits per heavy atom. The molecule has 3 heterocycles. The molecule has 1 saturated carbocycles. The Labute approximate surface area is 384 Å². The Morgan fingerprint density at radius 1 is 0.877 bits per heavy atom. The molecular weight excluding hydrogens is 854 g/mol. The van der Waals surface area contributed by atoms with Crippen LogP contribution in [0.25, 0.3) is 5.52 Å². The number of fused-ring (bicyclic) bond motifs is 2. The number of phosphoric ester groups is 1. The van der Waals surface area contributed by atoms with Gasteiger partial charge in [0.2, 0.25) is 11.2 Å². The average Bonchev–Trinajstić information content (AvgIpc) is 3.52. The third kappa shape index (κ3) is 14.0. The van der Waals surface area contributed by atoms with Crippen molar-refractivity contribution in [3.63, 3.8) is 0 Å². The number of hydrogen-bond acceptors (Lipinski definition) is 14. The lowest BCUT2D eigenvalue weighted by atomic mass is 9.89. The zero-order valence-electron chi connectivity index (χ0n) is 39.1. The Kier molecular flexibility index (Phi) is 20.2. The van der Waals surface area contributed by atoms with Crippen molar-refractivity contribution in [1.82, 2.24) is 14.6 Å². The maximum Gasteiger partial charge on any atom is 0.472 e. The topological polar surface area (TPSA) is 216 Å². The number of aromatic nitrogens is 3. The zero-order chi connectivity index (χ0) is 46.9. The summed E-state index contributed by atoms with van der Waals surface area (Å²) in [6.45, 7) is 9.02. The standard InChI is InChI=1S/C48H72N5O11P/c1-6-7-8-9-10-11-12-13-14-15-16-17-18-19-20-24-29-58-31-38(59-30-37-25-22-21-23-26-37)32-60-65(56,57)64-42-41-48(42,63-45(55)36(4)5)46(61-44(54)35(2)3)47(33-49,62-41)40-28-27-39-43(50)51-34-52-53(39)40/h21-23,25-28,34-36,38,41-42,46H,6-20,24,29-32H2,1-5H3,(H,56,57)(H2,50,51,52)/t38-,41-,42?,46+,47+,48+/m1/s1. The number of nitriles is 1. The second-order valence-corrected chi connectivity index (χ2v) is 19.4. The van der Waals surface area contributed by atoms with E-state index in [1.54, 1.807) is 33.8 Å². The summed E-state index contributed by atoms with van der Waals surface area (Å²) >= 11 is 0. The minimum atomic E-state index is -4.99. The number of unbranched alkanes of at least 4 members (excludes halogenated alkanes) is 15. The highest BCUT2D eigenvalue weighted by Gasteiger charge is 2.88. The Balaban J connectivity index is 1.17. The molecule has 0 amide bonds. The van der Waals surface area contributed by atoms with Crippen molar-refractivity contribution in [2.45, 2.75) is 180 Å². The molecule has 2 unspecified atom stereocenters. The van der Waals surface area contributed by atoms with Gasteiger partial charge in [-0.1, -0.05) is 161 Å². The van der Waals surface area contributed by atoms with Crippen LogP contribution in [0.15, 0.2) is 48.8 Å². The van der Waals surface area contributed by atoms with Crippen molar-refractivity contribution < 1.29 is 51.8 Å². The first kappa shape index (κ1) is 52.0. The molecule has 0 bridgehead atoms. The highest BCUT2D eigenvalue weighted by Crippen LogP contribution is 2.66. The normalized spacial score (nSPS) is 22.7. The van der Waals surface area contributed by atoms with E-state index in [4.69, 9.17) is 38.5 Å². The molecule has 65 heavy (non-hydrogen) atoms. The van der Waals surface area contributed by atoms with Gasteiger partial charge in [0.1, 0.15) is 36.2 Å². The third-order valence-corrected chi connectivity index (χ3v) is 13.0. The molecule has 17 heteroatoms. The summed E-state index contributed by atoms with van der Waals surface area (Å²) in [5.41, 5.74) is 3.24. The highest BCUT2D eigenvalue weighted by molar-refractivity contribution is 7.47. The monoisotopic (exact) mass is 925 g/mol. The van der Waals surface area contributed by atoms with Gasteiger partial charge in [0.15, 0.2) is 11.9 Å². The zero-order valence-corrected chi connectivity index (χ0v) is 40.0. The molecule has 0 spiro atoms.